The molecule has 0 saturated heterocycles. The lowest BCUT2D eigenvalue weighted by molar-refractivity contribution is 0.673. The van der Waals surface area contributed by atoms with E-state index < -0.39 is 0 Å². The first-order valence-electron chi connectivity index (χ1n) is 18.5. The van der Waals surface area contributed by atoms with Crippen molar-refractivity contribution in [1.82, 2.24) is 15.0 Å². The average molecular weight is 702 g/mol. The SMILES string of the molecule is c1ccc(-c2nc(-c3ccc(-c4cccc5ccccc45)cc3)nc(-c3cc4c(oc5cccc(-c6cccc7ccccc67)c54)c4ccccc34)n2)cc1. The number of nitrogens with zero attached hydrogens (tertiary/aromatic N) is 3. The summed E-state index contributed by atoms with van der Waals surface area (Å²) in [4.78, 5) is 15.5. The predicted octanol–water partition coefficient (Wildman–Crippen LogP) is 13.6. The second-order valence-electron chi connectivity index (χ2n) is 13.9. The maximum Gasteiger partial charge on any atom is 0.164 e. The molecule has 2 heterocycles. The van der Waals surface area contributed by atoms with Gasteiger partial charge in [0.25, 0.3) is 0 Å². The van der Waals surface area contributed by atoms with E-state index in [9.17, 15) is 0 Å². The highest BCUT2D eigenvalue weighted by molar-refractivity contribution is 6.23. The van der Waals surface area contributed by atoms with E-state index in [-0.39, 0.29) is 0 Å². The first-order chi connectivity index (χ1) is 27.3. The molecule has 0 radical (unpaired) electrons. The lowest BCUT2D eigenvalue weighted by Gasteiger charge is -2.12. The van der Waals surface area contributed by atoms with Gasteiger partial charge < -0.3 is 4.42 Å². The zero-order valence-corrected chi connectivity index (χ0v) is 29.6. The molecular formula is C51H31N3O. The summed E-state index contributed by atoms with van der Waals surface area (Å²) in [5.74, 6) is 1.85. The van der Waals surface area contributed by atoms with Crippen LogP contribution in [0.4, 0.5) is 0 Å². The quantitative estimate of drug-likeness (QED) is 0.179. The highest BCUT2D eigenvalue weighted by Crippen LogP contribution is 2.44. The third-order valence-corrected chi connectivity index (χ3v) is 10.7. The Balaban J connectivity index is 1.14. The van der Waals surface area contributed by atoms with Gasteiger partial charge >= 0.3 is 0 Å². The lowest BCUT2D eigenvalue weighted by atomic mass is 9.93. The molecule has 4 nitrogen and oxygen atoms in total. The number of fused-ring (bicyclic) bond motifs is 7. The minimum atomic E-state index is 0.608. The molecule has 0 fully saturated rings. The van der Waals surface area contributed by atoms with Crippen molar-refractivity contribution in [1.29, 1.82) is 0 Å². The van der Waals surface area contributed by atoms with E-state index in [1.54, 1.807) is 0 Å². The van der Waals surface area contributed by atoms with E-state index in [0.29, 0.717) is 17.5 Å². The third kappa shape index (κ3) is 5.19. The van der Waals surface area contributed by atoms with Crippen molar-refractivity contribution in [3.63, 3.8) is 0 Å². The van der Waals surface area contributed by atoms with Crippen molar-refractivity contribution >= 4 is 54.3 Å². The second-order valence-corrected chi connectivity index (χ2v) is 13.9. The Morgan fingerprint density at radius 2 is 0.818 bits per heavy atom. The van der Waals surface area contributed by atoms with E-state index >= 15 is 0 Å². The summed E-state index contributed by atoms with van der Waals surface area (Å²) in [7, 11) is 0. The minimum absolute atomic E-state index is 0.608. The second kappa shape index (κ2) is 12.6. The van der Waals surface area contributed by atoms with E-state index in [2.05, 4.69) is 158 Å². The van der Waals surface area contributed by atoms with Crippen LogP contribution >= 0.6 is 0 Å². The molecule has 0 aliphatic carbocycles. The fourth-order valence-electron chi connectivity index (χ4n) is 8.14. The summed E-state index contributed by atoms with van der Waals surface area (Å²) >= 11 is 0. The number of aromatic nitrogens is 3. The molecule has 9 aromatic carbocycles. The first-order valence-corrected chi connectivity index (χ1v) is 18.5. The molecule has 0 bridgehead atoms. The van der Waals surface area contributed by atoms with E-state index in [0.717, 1.165) is 60.5 Å². The van der Waals surface area contributed by atoms with Crippen molar-refractivity contribution < 1.29 is 4.42 Å². The van der Waals surface area contributed by atoms with E-state index in [1.165, 1.54) is 32.7 Å². The predicted molar refractivity (Wildman–Crippen MR) is 227 cm³/mol. The molecule has 0 atom stereocenters. The number of hydrogen-bond acceptors (Lipinski definition) is 4. The summed E-state index contributed by atoms with van der Waals surface area (Å²) in [5, 5.41) is 8.97. The molecule has 0 saturated carbocycles. The molecular weight excluding hydrogens is 671 g/mol. The van der Waals surface area contributed by atoms with Gasteiger partial charge in [-0.05, 0) is 61.3 Å². The van der Waals surface area contributed by atoms with Crippen molar-refractivity contribution in [3.05, 3.63) is 188 Å². The van der Waals surface area contributed by atoms with Crippen molar-refractivity contribution in [2.75, 3.05) is 0 Å². The van der Waals surface area contributed by atoms with Gasteiger partial charge in [0.15, 0.2) is 17.5 Å². The zero-order chi connectivity index (χ0) is 36.3. The van der Waals surface area contributed by atoms with Crippen LogP contribution in [-0.4, -0.2) is 15.0 Å². The van der Waals surface area contributed by atoms with Gasteiger partial charge in [0.1, 0.15) is 11.2 Å². The molecule has 55 heavy (non-hydrogen) atoms. The van der Waals surface area contributed by atoms with E-state index in [4.69, 9.17) is 19.4 Å². The fraction of sp³-hybridized carbons (Fsp3) is 0. The number of hydrogen-bond donors (Lipinski definition) is 0. The lowest BCUT2D eigenvalue weighted by Crippen LogP contribution is -2.00. The summed E-state index contributed by atoms with van der Waals surface area (Å²) in [6.07, 6.45) is 0. The fourth-order valence-corrected chi connectivity index (χ4v) is 8.14. The van der Waals surface area contributed by atoms with E-state index in [1.807, 2.05) is 30.3 Å². The maximum atomic E-state index is 6.74. The van der Waals surface area contributed by atoms with Crippen LogP contribution in [0.2, 0.25) is 0 Å². The maximum absolute atomic E-state index is 6.74. The number of furan rings is 1. The molecule has 0 unspecified atom stereocenters. The minimum Gasteiger partial charge on any atom is -0.455 e. The van der Waals surface area contributed by atoms with Crippen molar-refractivity contribution in [2.24, 2.45) is 0 Å². The van der Waals surface area contributed by atoms with Gasteiger partial charge in [-0.15, -0.1) is 0 Å². The molecule has 0 spiro atoms. The average Bonchev–Trinajstić information content (AvgIpc) is 3.65. The molecule has 0 aliphatic heterocycles. The molecule has 2 aromatic heterocycles. The van der Waals surface area contributed by atoms with Crippen molar-refractivity contribution in [3.8, 4) is 56.4 Å². The Kier molecular flexibility index (Phi) is 7.14. The smallest absolute Gasteiger partial charge is 0.164 e. The van der Waals surface area contributed by atoms with Crippen LogP contribution in [0.15, 0.2) is 192 Å². The van der Waals surface area contributed by atoms with Crippen LogP contribution in [0.3, 0.4) is 0 Å². The van der Waals surface area contributed by atoms with Crippen LogP contribution in [-0.2, 0) is 0 Å². The largest absolute Gasteiger partial charge is 0.455 e. The number of rotatable bonds is 5. The van der Waals surface area contributed by atoms with Crippen LogP contribution in [0.25, 0.3) is 111 Å². The first kappa shape index (κ1) is 31.1. The third-order valence-electron chi connectivity index (χ3n) is 10.7. The highest BCUT2D eigenvalue weighted by atomic mass is 16.3. The number of benzene rings is 9. The van der Waals surface area contributed by atoms with Gasteiger partial charge in [0.2, 0.25) is 0 Å². The van der Waals surface area contributed by atoms with Gasteiger partial charge in [0, 0.05) is 32.8 Å². The molecule has 11 rings (SSSR count). The van der Waals surface area contributed by atoms with Crippen LogP contribution < -0.4 is 0 Å². The summed E-state index contributed by atoms with van der Waals surface area (Å²) in [5.41, 5.74) is 9.10. The summed E-state index contributed by atoms with van der Waals surface area (Å²) in [6, 6.07) is 65.7. The zero-order valence-electron chi connectivity index (χ0n) is 29.6. The van der Waals surface area contributed by atoms with Gasteiger partial charge in [-0.2, -0.15) is 0 Å². The van der Waals surface area contributed by atoms with Crippen LogP contribution in [0, 0.1) is 0 Å². The molecule has 11 aromatic rings. The van der Waals surface area contributed by atoms with Gasteiger partial charge in [-0.3, -0.25) is 0 Å². The standard InChI is InChI=1S/C51H31N3O/c1-2-15-35(16-3-1)49-52-50(36-29-27-34(28-30-36)38-23-10-17-32-13-4-6-19-37(32)38)54-51(53-49)44-31-45-47-42(40-24-11-18-33-14-5-7-20-39(33)40)25-12-26-46(47)55-48(45)43-22-9-8-21-41(43)44/h1-31H. The van der Waals surface area contributed by atoms with Crippen molar-refractivity contribution in [2.45, 2.75) is 0 Å². The monoisotopic (exact) mass is 701 g/mol. The van der Waals surface area contributed by atoms with Crippen LogP contribution in [0.1, 0.15) is 0 Å². The van der Waals surface area contributed by atoms with Gasteiger partial charge in [-0.1, -0.05) is 176 Å². The summed E-state index contributed by atoms with van der Waals surface area (Å²) < 4.78 is 6.74. The normalized spacial score (nSPS) is 11.6. The molecule has 256 valence electrons. The molecule has 0 amide bonds. The Morgan fingerprint density at radius 1 is 0.309 bits per heavy atom. The summed E-state index contributed by atoms with van der Waals surface area (Å²) in [6.45, 7) is 0. The molecule has 0 N–H and O–H groups in total. The van der Waals surface area contributed by atoms with Gasteiger partial charge in [-0.25, -0.2) is 15.0 Å². The Morgan fingerprint density at radius 3 is 1.55 bits per heavy atom. The molecule has 4 heteroatoms. The Labute approximate surface area is 317 Å². The Hall–Kier alpha value is -7.43. The topological polar surface area (TPSA) is 51.8 Å². The molecule has 0 aliphatic rings. The van der Waals surface area contributed by atoms with Crippen LogP contribution in [0.5, 0.6) is 0 Å². The van der Waals surface area contributed by atoms with Gasteiger partial charge in [0.05, 0.1) is 0 Å². The Bertz CT molecular complexity index is 3250. The highest BCUT2D eigenvalue weighted by Gasteiger charge is 2.21.